The van der Waals surface area contributed by atoms with E-state index in [-0.39, 0.29) is 11.5 Å². The maximum Gasteiger partial charge on any atom is 0.171 e. The first-order valence-corrected chi connectivity index (χ1v) is 9.55. The zero-order valence-electron chi connectivity index (χ0n) is 12.0. The Balaban J connectivity index is 3.19. The first-order valence-electron chi connectivity index (χ1n) is 6.39. The highest BCUT2D eigenvalue weighted by Gasteiger charge is 2.29. The first kappa shape index (κ1) is 15.7. The zero-order valence-corrected chi connectivity index (χ0v) is 13.9. The van der Waals surface area contributed by atoms with Crippen LogP contribution in [0.5, 0.6) is 0 Å². The summed E-state index contributed by atoms with van der Waals surface area (Å²) in [5.74, 6) is 0. The maximum absolute atomic E-state index is 6.33. The van der Waals surface area contributed by atoms with Crippen molar-refractivity contribution in [1.29, 1.82) is 0 Å². The van der Waals surface area contributed by atoms with Crippen molar-refractivity contribution in [3.63, 3.8) is 0 Å². The average Bonchev–Trinajstić information content (AvgIpc) is 2.25. The van der Waals surface area contributed by atoms with Gasteiger partial charge in [0.15, 0.2) is 9.04 Å². The predicted molar refractivity (Wildman–Crippen MR) is 81.5 cm³/mol. The molecule has 1 rings (SSSR count). The average molecular weight is 286 g/mol. The molecular formula is C14H24ClNOSi. The lowest BCUT2D eigenvalue weighted by Gasteiger charge is -2.33. The van der Waals surface area contributed by atoms with E-state index in [1.54, 1.807) is 0 Å². The van der Waals surface area contributed by atoms with Gasteiger partial charge in [0.1, 0.15) is 0 Å². The number of halogens is 1. The van der Waals surface area contributed by atoms with Crippen molar-refractivity contribution >= 4 is 20.6 Å². The molecule has 0 aliphatic rings. The number of rotatable bonds is 4. The van der Waals surface area contributed by atoms with Crippen LogP contribution < -0.4 is 5.73 Å². The van der Waals surface area contributed by atoms with Gasteiger partial charge in [0.05, 0.1) is 6.10 Å². The van der Waals surface area contributed by atoms with Crippen LogP contribution >= 0.6 is 11.6 Å². The molecule has 2 nitrogen and oxygen atoms in total. The highest BCUT2D eigenvalue weighted by atomic mass is 35.5. The van der Waals surface area contributed by atoms with E-state index in [1.807, 2.05) is 12.1 Å². The SMILES string of the molecule is C[SiH](C)OC(c1cc(CN)ccc1Cl)C(C)(C)C. The van der Waals surface area contributed by atoms with E-state index >= 15 is 0 Å². The minimum absolute atomic E-state index is 0.0220. The lowest BCUT2D eigenvalue weighted by atomic mass is 9.84. The fraction of sp³-hybridized carbons (Fsp3) is 0.571. The maximum atomic E-state index is 6.33. The summed E-state index contributed by atoms with van der Waals surface area (Å²) in [4.78, 5) is 0. The Morgan fingerprint density at radius 3 is 2.39 bits per heavy atom. The molecule has 0 amide bonds. The van der Waals surface area contributed by atoms with Gasteiger partial charge < -0.3 is 10.2 Å². The largest absolute Gasteiger partial charge is 0.413 e. The van der Waals surface area contributed by atoms with Crippen LogP contribution in [0, 0.1) is 5.41 Å². The molecule has 0 aromatic heterocycles. The van der Waals surface area contributed by atoms with E-state index in [1.165, 1.54) is 0 Å². The van der Waals surface area contributed by atoms with E-state index in [9.17, 15) is 0 Å². The summed E-state index contributed by atoms with van der Waals surface area (Å²) in [6.45, 7) is 11.4. The summed E-state index contributed by atoms with van der Waals surface area (Å²) >= 11 is 6.33. The van der Waals surface area contributed by atoms with Crippen LogP contribution in [-0.2, 0) is 11.0 Å². The van der Waals surface area contributed by atoms with Gasteiger partial charge in [0.2, 0.25) is 0 Å². The Morgan fingerprint density at radius 1 is 1.33 bits per heavy atom. The molecule has 4 heteroatoms. The molecule has 102 valence electrons. The van der Waals surface area contributed by atoms with Crippen molar-refractivity contribution in [2.45, 2.75) is 46.5 Å². The van der Waals surface area contributed by atoms with Crippen LogP contribution in [0.2, 0.25) is 18.1 Å². The van der Waals surface area contributed by atoms with Crippen LogP contribution in [0.3, 0.4) is 0 Å². The number of benzene rings is 1. The molecule has 1 atom stereocenters. The number of hydrogen-bond acceptors (Lipinski definition) is 2. The molecule has 0 saturated carbocycles. The van der Waals surface area contributed by atoms with Crippen LogP contribution in [0.4, 0.5) is 0 Å². The third-order valence-corrected chi connectivity index (χ3v) is 3.93. The molecule has 1 unspecified atom stereocenters. The lowest BCUT2D eigenvalue weighted by molar-refractivity contribution is 0.0866. The van der Waals surface area contributed by atoms with Gasteiger partial charge in [0.25, 0.3) is 0 Å². The topological polar surface area (TPSA) is 35.2 Å². The van der Waals surface area contributed by atoms with Crippen molar-refractivity contribution < 1.29 is 4.43 Å². The minimum atomic E-state index is -1.13. The lowest BCUT2D eigenvalue weighted by Crippen LogP contribution is -2.26. The van der Waals surface area contributed by atoms with Crippen molar-refractivity contribution in [3.8, 4) is 0 Å². The fourth-order valence-electron chi connectivity index (χ4n) is 1.94. The Bertz CT molecular complexity index is 401. The Kier molecular flexibility index (Phi) is 5.41. The molecule has 1 aromatic carbocycles. The van der Waals surface area contributed by atoms with E-state index in [2.05, 4.69) is 39.9 Å². The summed E-state index contributed by atoms with van der Waals surface area (Å²) in [6, 6.07) is 5.97. The quantitative estimate of drug-likeness (QED) is 0.852. The van der Waals surface area contributed by atoms with Crippen LogP contribution in [-0.4, -0.2) is 9.04 Å². The Morgan fingerprint density at radius 2 is 1.94 bits per heavy atom. The second-order valence-electron chi connectivity index (χ2n) is 5.99. The highest BCUT2D eigenvalue weighted by Crippen LogP contribution is 2.40. The van der Waals surface area contributed by atoms with Gasteiger partial charge >= 0.3 is 0 Å². The smallest absolute Gasteiger partial charge is 0.171 e. The molecule has 18 heavy (non-hydrogen) atoms. The van der Waals surface area contributed by atoms with Gasteiger partial charge in [-0.3, -0.25) is 0 Å². The monoisotopic (exact) mass is 285 g/mol. The standard InChI is InChI=1S/C14H24ClNOSi/c1-14(2,3)13(17-18(4)5)11-8-10(9-16)6-7-12(11)15/h6-8,13,18H,9,16H2,1-5H3. The van der Waals surface area contributed by atoms with Crippen molar-refractivity contribution in [2.24, 2.45) is 11.1 Å². The molecule has 0 radical (unpaired) electrons. The minimum Gasteiger partial charge on any atom is -0.413 e. The van der Waals surface area contributed by atoms with Gasteiger partial charge in [-0.15, -0.1) is 0 Å². The summed E-state index contributed by atoms with van der Waals surface area (Å²) in [5, 5.41) is 0.766. The molecule has 0 spiro atoms. The normalized spacial score (nSPS) is 14.0. The molecule has 2 N–H and O–H groups in total. The van der Waals surface area contributed by atoms with Gasteiger partial charge in [-0.25, -0.2) is 0 Å². The third-order valence-electron chi connectivity index (χ3n) is 2.77. The zero-order chi connectivity index (χ0) is 13.9. The van der Waals surface area contributed by atoms with Crippen LogP contribution in [0.15, 0.2) is 18.2 Å². The molecule has 0 fully saturated rings. The van der Waals surface area contributed by atoms with Crippen molar-refractivity contribution in [1.82, 2.24) is 0 Å². The van der Waals surface area contributed by atoms with Gasteiger partial charge in [0, 0.05) is 11.6 Å². The molecule has 0 aliphatic carbocycles. The fourth-order valence-corrected chi connectivity index (χ4v) is 3.25. The Hall–Kier alpha value is -0.353. The molecule has 0 heterocycles. The predicted octanol–water partition coefficient (Wildman–Crippen LogP) is 3.89. The molecule has 0 aliphatic heterocycles. The summed E-state index contributed by atoms with van der Waals surface area (Å²) < 4.78 is 6.19. The molecular weight excluding hydrogens is 262 g/mol. The second kappa shape index (κ2) is 6.20. The summed E-state index contributed by atoms with van der Waals surface area (Å²) in [6.07, 6.45) is 0.0307. The summed E-state index contributed by atoms with van der Waals surface area (Å²) in [5.41, 5.74) is 7.88. The summed E-state index contributed by atoms with van der Waals surface area (Å²) in [7, 11) is -1.13. The highest BCUT2D eigenvalue weighted by molar-refractivity contribution is 6.48. The second-order valence-corrected chi connectivity index (χ2v) is 8.77. The molecule has 0 bridgehead atoms. The number of nitrogens with two attached hydrogens (primary N) is 1. The van der Waals surface area contributed by atoms with E-state index < -0.39 is 9.04 Å². The van der Waals surface area contributed by atoms with Gasteiger partial charge in [-0.05, 0) is 35.7 Å². The third kappa shape index (κ3) is 4.09. The van der Waals surface area contributed by atoms with Crippen molar-refractivity contribution in [2.75, 3.05) is 0 Å². The van der Waals surface area contributed by atoms with Crippen molar-refractivity contribution in [3.05, 3.63) is 34.3 Å². The number of hydrogen-bond donors (Lipinski definition) is 1. The van der Waals surface area contributed by atoms with Crippen LogP contribution in [0.1, 0.15) is 38.0 Å². The molecule has 1 aromatic rings. The molecule has 0 saturated heterocycles. The van der Waals surface area contributed by atoms with Crippen LogP contribution in [0.25, 0.3) is 0 Å². The van der Waals surface area contributed by atoms with E-state index in [0.29, 0.717) is 6.54 Å². The van der Waals surface area contributed by atoms with E-state index in [4.69, 9.17) is 21.8 Å². The first-order chi connectivity index (χ1) is 8.25. The Labute approximate surface area is 117 Å². The van der Waals surface area contributed by atoms with E-state index in [0.717, 1.165) is 16.1 Å². The van der Waals surface area contributed by atoms with Gasteiger partial charge in [-0.1, -0.05) is 44.5 Å². The van der Waals surface area contributed by atoms with Gasteiger partial charge in [-0.2, -0.15) is 0 Å².